The van der Waals surface area contributed by atoms with Gasteiger partial charge in [0.25, 0.3) is 0 Å². The molecule has 90 valence electrons. The SMILES string of the molecule is CC#CCCC(=O)CC(C)C1CCCNC1. The molecule has 0 saturated carbocycles. The van der Waals surface area contributed by atoms with Crippen molar-refractivity contribution in [2.75, 3.05) is 13.1 Å². The molecule has 0 bridgehead atoms. The van der Waals surface area contributed by atoms with E-state index >= 15 is 0 Å². The molecule has 0 aromatic heterocycles. The molecule has 0 aromatic rings. The Hall–Kier alpha value is -0.810. The van der Waals surface area contributed by atoms with E-state index in [0.29, 0.717) is 24.0 Å². The minimum absolute atomic E-state index is 0.376. The molecule has 2 heteroatoms. The average molecular weight is 221 g/mol. The summed E-state index contributed by atoms with van der Waals surface area (Å²) in [5, 5.41) is 3.41. The monoisotopic (exact) mass is 221 g/mol. The molecule has 1 saturated heterocycles. The minimum Gasteiger partial charge on any atom is -0.316 e. The van der Waals surface area contributed by atoms with Crippen molar-refractivity contribution in [2.24, 2.45) is 11.8 Å². The molecule has 0 aromatic carbocycles. The van der Waals surface area contributed by atoms with Gasteiger partial charge in [-0.15, -0.1) is 11.8 Å². The summed E-state index contributed by atoms with van der Waals surface area (Å²) in [6, 6.07) is 0. The van der Waals surface area contributed by atoms with Crippen molar-refractivity contribution in [3.8, 4) is 11.8 Å². The van der Waals surface area contributed by atoms with Crippen LogP contribution in [0.4, 0.5) is 0 Å². The van der Waals surface area contributed by atoms with Crippen LogP contribution in [0.1, 0.15) is 46.0 Å². The molecule has 1 rings (SSSR count). The Labute approximate surface area is 99.2 Å². The Morgan fingerprint density at radius 3 is 3.00 bits per heavy atom. The topological polar surface area (TPSA) is 29.1 Å². The summed E-state index contributed by atoms with van der Waals surface area (Å²) >= 11 is 0. The van der Waals surface area contributed by atoms with Gasteiger partial charge >= 0.3 is 0 Å². The number of carbonyl (C=O) groups is 1. The third kappa shape index (κ3) is 4.81. The van der Waals surface area contributed by atoms with Gasteiger partial charge in [-0.25, -0.2) is 0 Å². The van der Waals surface area contributed by atoms with E-state index in [9.17, 15) is 4.79 Å². The van der Waals surface area contributed by atoms with Crippen LogP contribution in [-0.2, 0) is 4.79 Å². The molecular formula is C14H23NO. The van der Waals surface area contributed by atoms with Crippen LogP contribution in [0, 0.1) is 23.7 Å². The highest BCUT2D eigenvalue weighted by atomic mass is 16.1. The van der Waals surface area contributed by atoms with E-state index in [1.54, 1.807) is 0 Å². The zero-order chi connectivity index (χ0) is 11.8. The zero-order valence-corrected chi connectivity index (χ0v) is 10.5. The van der Waals surface area contributed by atoms with Crippen LogP contribution in [0.25, 0.3) is 0 Å². The van der Waals surface area contributed by atoms with Crippen molar-refractivity contribution >= 4 is 5.78 Å². The maximum Gasteiger partial charge on any atom is 0.134 e. The fourth-order valence-corrected chi connectivity index (χ4v) is 2.32. The van der Waals surface area contributed by atoms with E-state index in [4.69, 9.17) is 0 Å². The Balaban J connectivity index is 2.22. The maximum atomic E-state index is 11.7. The van der Waals surface area contributed by atoms with Gasteiger partial charge in [0.1, 0.15) is 5.78 Å². The lowest BCUT2D eigenvalue weighted by Crippen LogP contribution is -2.33. The van der Waals surface area contributed by atoms with E-state index in [2.05, 4.69) is 24.1 Å². The predicted molar refractivity (Wildman–Crippen MR) is 67.1 cm³/mol. The van der Waals surface area contributed by atoms with Crippen LogP contribution in [-0.4, -0.2) is 18.9 Å². The van der Waals surface area contributed by atoms with Crippen LogP contribution in [0.3, 0.4) is 0 Å². The van der Waals surface area contributed by atoms with Gasteiger partial charge in [-0.1, -0.05) is 6.92 Å². The summed E-state index contributed by atoms with van der Waals surface area (Å²) in [6.45, 7) is 6.26. The molecule has 0 amide bonds. The second-order valence-corrected chi connectivity index (χ2v) is 4.75. The molecule has 16 heavy (non-hydrogen) atoms. The summed E-state index contributed by atoms with van der Waals surface area (Å²) in [7, 11) is 0. The van der Waals surface area contributed by atoms with Crippen molar-refractivity contribution in [3.63, 3.8) is 0 Å². The number of nitrogens with one attached hydrogen (secondary N) is 1. The second kappa shape index (κ2) is 7.46. The molecule has 1 fully saturated rings. The Bertz CT molecular complexity index is 268. The first-order valence-electron chi connectivity index (χ1n) is 6.36. The lowest BCUT2D eigenvalue weighted by molar-refractivity contribution is -0.120. The third-order valence-corrected chi connectivity index (χ3v) is 3.39. The van der Waals surface area contributed by atoms with Gasteiger partial charge in [-0.3, -0.25) is 4.79 Å². The zero-order valence-electron chi connectivity index (χ0n) is 10.5. The highest BCUT2D eigenvalue weighted by molar-refractivity contribution is 5.78. The smallest absolute Gasteiger partial charge is 0.134 e. The molecule has 1 N–H and O–H groups in total. The van der Waals surface area contributed by atoms with Crippen LogP contribution >= 0.6 is 0 Å². The van der Waals surface area contributed by atoms with E-state index in [0.717, 1.165) is 25.9 Å². The summed E-state index contributed by atoms with van der Waals surface area (Å²) in [6.07, 6.45) is 4.62. The number of piperidine rings is 1. The van der Waals surface area contributed by atoms with Crippen LogP contribution in [0.15, 0.2) is 0 Å². The van der Waals surface area contributed by atoms with Crippen LogP contribution in [0.5, 0.6) is 0 Å². The number of hydrogen-bond acceptors (Lipinski definition) is 2. The largest absolute Gasteiger partial charge is 0.316 e. The van der Waals surface area contributed by atoms with Crippen molar-refractivity contribution < 1.29 is 4.79 Å². The van der Waals surface area contributed by atoms with Gasteiger partial charge in [-0.2, -0.15) is 0 Å². The Morgan fingerprint density at radius 2 is 2.38 bits per heavy atom. The number of carbonyl (C=O) groups excluding carboxylic acids is 1. The molecule has 2 atom stereocenters. The number of Topliss-reactive ketones (excluding diaryl/α,β-unsaturated/α-hetero) is 1. The summed E-state index contributed by atoms with van der Waals surface area (Å²) in [5.41, 5.74) is 0. The van der Waals surface area contributed by atoms with Crippen molar-refractivity contribution in [2.45, 2.75) is 46.0 Å². The summed E-state index contributed by atoms with van der Waals surface area (Å²) in [4.78, 5) is 11.7. The number of rotatable bonds is 5. The lowest BCUT2D eigenvalue weighted by Gasteiger charge is -2.27. The van der Waals surface area contributed by atoms with E-state index in [-0.39, 0.29) is 0 Å². The van der Waals surface area contributed by atoms with Crippen LogP contribution < -0.4 is 5.32 Å². The Kier molecular flexibility index (Phi) is 6.18. The van der Waals surface area contributed by atoms with Crippen molar-refractivity contribution in [1.82, 2.24) is 5.32 Å². The van der Waals surface area contributed by atoms with Crippen molar-refractivity contribution in [1.29, 1.82) is 0 Å². The molecule has 1 aliphatic heterocycles. The van der Waals surface area contributed by atoms with Gasteiger partial charge in [0.15, 0.2) is 0 Å². The van der Waals surface area contributed by atoms with Crippen LogP contribution in [0.2, 0.25) is 0 Å². The van der Waals surface area contributed by atoms with Gasteiger partial charge < -0.3 is 5.32 Å². The molecule has 0 radical (unpaired) electrons. The van der Waals surface area contributed by atoms with E-state index in [1.165, 1.54) is 12.8 Å². The number of hydrogen-bond donors (Lipinski definition) is 1. The second-order valence-electron chi connectivity index (χ2n) is 4.75. The normalized spacial score (nSPS) is 22.0. The third-order valence-electron chi connectivity index (χ3n) is 3.39. The predicted octanol–water partition coefficient (Wildman–Crippen LogP) is 2.38. The first-order chi connectivity index (χ1) is 7.74. The number of ketones is 1. The minimum atomic E-state index is 0.376. The van der Waals surface area contributed by atoms with Gasteiger partial charge in [0.2, 0.25) is 0 Å². The standard InChI is InChI=1S/C14H23NO/c1-3-4-5-8-14(16)10-12(2)13-7-6-9-15-11-13/h12-13,15H,5-11H2,1-2H3. The first kappa shape index (κ1) is 13.3. The highest BCUT2D eigenvalue weighted by Crippen LogP contribution is 2.23. The highest BCUT2D eigenvalue weighted by Gasteiger charge is 2.21. The van der Waals surface area contributed by atoms with E-state index in [1.807, 2.05) is 6.92 Å². The maximum absolute atomic E-state index is 11.7. The quantitative estimate of drug-likeness (QED) is 0.722. The summed E-state index contributed by atoms with van der Waals surface area (Å²) in [5.74, 6) is 7.36. The van der Waals surface area contributed by atoms with E-state index < -0.39 is 0 Å². The van der Waals surface area contributed by atoms with Gasteiger partial charge in [0, 0.05) is 19.3 Å². The fourth-order valence-electron chi connectivity index (χ4n) is 2.32. The fraction of sp³-hybridized carbons (Fsp3) is 0.786. The first-order valence-corrected chi connectivity index (χ1v) is 6.36. The van der Waals surface area contributed by atoms with Gasteiger partial charge in [0.05, 0.1) is 0 Å². The Morgan fingerprint density at radius 1 is 1.56 bits per heavy atom. The summed E-state index contributed by atoms with van der Waals surface area (Å²) < 4.78 is 0. The molecule has 2 unspecified atom stereocenters. The van der Waals surface area contributed by atoms with Crippen molar-refractivity contribution in [3.05, 3.63) is 0 Å². The van der Waals surface area contributed by atoms with Gasteiger partial charge in [-0.05, 0) is 44.7 Å². The lowest BCUT2D eigenvalue weighted by atomic mass is 9.84. The molecular weight excluding hydrogens is 198 g/mol. The molecule has 1 heterocycles. The molecule has 2 nitrogen and oxygen atoms in total. The molecule has 0 spiro atoms. The average Bonchev–Trinajstić information content (AvgIpc) is 2.30. The molecule has 0 aliphatic carbocycles. The molecule has 1 aliphatic rings.